The molecule has 0 amide bonds. The summed E-state index contributed by atoms with van der Waals surface area (Å²) >= 11 is 3.41. The second-order valence-corrected chi connectivity index (χ2v) is 4.24. The number of imidazole rings is 1. The predicted octanol–water partition coefficient (Wildman–Crippen LogP) is 2.56. The van der Waals surface area contributed by atoms with E-state index in [2.05, 4.69) is 20.9 Å². The van der Waals surface area contributed by atoms with Gasteiger partial charge in [-0.15, -0.1) is 0 Å². The summed E-state index contributed by atoms with van der Waals surface area (Å²) in [6, 6.07) is 5.65. The maximum atomic E-state index is 9.30. The molecule has 0 saturated heterocycles. The number of aromatic nitrogens is 2. The van der Waals surface area contributed by atoms with Crippen LogP contribution < -0.4 is 4.74 Å². The van der Waals surface area contributed by atoms with Gasteiger partial charge in [-0.1, -0.05) is 0 Å². The maximum absolute atomic E-state index is 9.30. The molecule has 1 aromatic heterocycles. The molecule has 5 heteroatoms. The van der Waals surface area contributed by atoms with Crippen molar-refractivity contribution in [1.29, 1.82) is 0 Å². The minimum Gasteiger partial charge on any atom is -0.496 e. The number of benzene rings is 1. The zero-order valence-corrected chi connectivity index (χ0v) is 10.5. The quantitative estimate of drug-likeness (QED) is 0.921. The summed E-state index contributed by atoms with van der Waals surface area (Å²) in [5.74, 6) is 1.49. The molecule has 1 aromatic carbocycles. The van der Waals surface area contributed by atoms with Gasteiger partial charge < -0.3 is 14.4 Å². The van der Waals surface area contributed by atoms with Crippen LogP contribution in [0.4, 0.5) is 0 Å². The zero-order chi connectivity index (χ0) is 11.7. The number of aromatic hydroxyl groups is 1. The number of ether oxygens (including phenoxy) is 1. The Kier molecular flexibility index (Phi) is 2.87. The van der Waals surface area contributed by atoms with E-state index < -0.39 is 0 Å². The van der Waals surface area contributed by atoms with Crippen LogP contribution in [0.1, 0.15) is 0 Å². The normalized spacial score (nSPS) is 10.4. The molecule has 0 aliphatic heterocycles. The molecule has 0 bridgehead atoms. The lowest BCUT2D eigenvalue weighted by Gasteiger charge is -2.06. The van der Waals surface area contributed by atoms with E-state index in [4.69, 9.17) is 4.74 Å². The van der Waals surface area contributed by atoms with Crippen molar-refractivity contribution >= 4 is 15.9 Å². The van der Waals surface area contributed by atoms with Crippen LogP contribution in [0.15, 0.2) is 28.9 Å². The van der Waals surface area contributed by atoms with Crippen molar-refractivity contribution < 1.29 is 9.84 Å². The number of methoxy groups -OCH3 is 1. The lowest BCUT2D eigenvalue weighted by molar-refractivity contribution is 0.412. The Labute approximate surface area is 102 Å². The van der Waals surface area contributed by atoms with Crippen molar-refractivity contribution in [1.82, 2.24) is 9.55 Å². The smallest absolute Gasteiger partial charge is 0.229 e. The third kappa shape index (κ3) is 1.90. The van der Waals surface area contributed by atoms with Gasteiger partial charge in [0.15, 0.2) is 0 Å². The van der Waals surface area contributed by atoms with Crippen LogP contribution in [0.25, 0.3) is 11.4 Å². The second-order valence-electron chi connectivity index (χ2n) is 3.38. The van der Waals surface area contributed by atoms with E-state index in [1.165, 1.54) is 0 Å². The molecule has 16 heavy (non-hydrogen) atoms. The fraction of sp³-hybridized carbons (Fsp3) is 0.182. The van der Waals surface area contributed by atoms with E-state index in [1.807, 2.05) is 25.2 Å². The lowest BCUT2D eigenvalue weighted by Crippen LogP contribution is -1.92. The molecule has 1 N–H and O–H groups in total. The summed E-state index contributed by atoms with van der Waals surface area (Å²) < 4.78 is 7.77. The van der Waals surface area contributed by atoms with Gasteiger partial charge in [-0.05, 0) is 34.1 Å². The van der Waals surface area contributed by atoms with Crippen LogP contribution in [0, 0.1) is 0 Å². The fourth-order valence-electron chi connectivity index (χ4n) is 1.52. The summed E-state index contributed by atoms with van der Waals surface area (Å²) in [7, 11) is 3.45. The first-order valence-corrected chi connectivity index (χ1v) is 5.47. The predicted molar refractivity (Wildman–Crippen MR) is 64.6 cm³/mol. The SMILES string of the molecule is COc1ccc(-c2nc(O)cn2C)cc1Br. The Morgan fingerprint density at radius 1 is 1.44 bits per heavy atom. The molecule has 0 fully saturated rings. The van der Waals surface area contributed by atoms with Crippen LogP contribution in [0.3, 0.4) is 0 Å². The van der Waals surface area contributed by atoms with Gasteiger partial charge in [0.1, 0.15) is 11.6 Å². The van der Waals surface area contributed by atoms with Crippen LogP contribution in [0.2, 0.25) is 0 Å². The Morgan fingerprint density at radius 3 is 2.69 bits per heavy atom. The highest BCUT2D eigenvalue weighted by molar-refractivity contribution is 9.10. The van der Waals surface area contributed by atoms with Gasteiger partial charge >= 0.3 is 0 Å². The molecule has 0 aliphatic carbocycles. The monoisotopic (exact) mass is 282 g/mol. The molecule has 0 atom stereocenters. The van der Waals surface area contributed by atoms with E-state index in [-0.39, 0.29) is 5.88 Å². The lowest BCUT2D eigenvalue weighted by atomic mass is 10.2. The van der Waals surface area contributed by atoms with Gasteiger partial charge in [0.05, 0.1) is 17.8 Å². The van der Waals surface area contributed by atoms with Crippen molar-refractivity contribution in [2.75, 3.05) is 7.11 Å². The van der Waals surface area contributed by atoms with E-state index in [0.29, 0.717) is 5.82 Å². The molecule has 1 heterocycles. The number of halogens is 1. The number of hydrogen-bond acceptors (Lipinski definition) is 3. The third-order valence-corrected chi connectivity index (χ3v) is 2.89. The molecule has 4 nitrogen and oxygen atoms in total. The van der Waals surface area contributed by atoms with Crippen molar-refractivity contribution in [3.63, 3.8) is 0 Å². The minimum atomic E-state index is 0.0180. The van der Waals surface area contributed by atoms with Gasteiger partial charge in [-0.25, -0.2) is 0 Å². The van der Waals surface area contributed by atoms with Crippen molar-refractivity contribution in [3.05, 3.63) is 28.9 Å². The third-order valence-electron chi connectivity index (χ3n) is 2.27. The van der Waals surface area contributed by atoms with Crippen LogP contribution in [-0.2, 0) is 7.05 Å². The maximum Gasteiger partial charge on any atom is 0.229 e. The summed E-state index contributed by atoms with van der Waals surface area (Å²) in [5.41, 5.74) is 0.912. The van der Waals surface area contributed by atoms with Gasteiger partial charge in [-0.3, -0.25) is 0 Å². The highest BCUT2D eigenvalue weighted by Crippen LogP contribution is 2.30. The minimum absolute atomic E-state index is 0.0180. The molecule has 0 unspecified atom stereocenters. The van der Waals surface area contributed by atoms with Crippen molar-refractivity contribution in [3.8, 4) is 23.0 Å². The van der Waals surface area contributed by atoms with Gasteiger partial charge in [0.2, 0.25) is 5.88 Å². The van der Waals surface area contributed by atoms with E-state index in [1.54, 1.807) is 17.9 Å². The molecule has 0 aliphatic rings. The van der Waals surface area contributed by atoms with E-state index in [9.17, 15) is 5.11 Å². The summed E-state index contributed by atoms with van der Waals surface area (Å²) in [6.07, 6.45) is 1.56. The first-order valence-electron chi connectivity index (χ1n) is 4.68. The second kappa shape index (κ2) is 4.17. The molecule has 2 aromatic rings. The number of rotatable bonds is 2. The molecule has 0 spiro atoms. The van der Waals surface area contributed by atoms with Crippen LogP contribution in [-0.4, -0.2) is 21.8 Å². The van der Waals surface area contributed by atoms with Gasteiger partial charge in [-0.2, -0.15) is 4.98 Å². The average molecular weight is 283 g/mol. The molecular formula is C11H11BrN2O2. The molecular weight excluding hydrogens is 272 g/mol. The fourth-order valence-corrected chi connectivity index (χ4v) is 2.06. The zero-order valence-electron chi connectivity index (χ0n) is 8.94. The van der Waals surface area contributed by atoms with Crippen LogP contribution >= 0.6 is 15.9 Å². The Balaban J connectivity index is 2.49. The average Bonchev–Trinajstić information content (AvgIpc) is 2.58. The Morgan fingerprint density at radius 2 is 2.19 bits per heavy atom. The first-order chi connectivity index (χ1) is 7.61. The van der Waals surface area contributed by atoms with Crippen molar-refractivity contribution in [2.45, 2.75) is 0 Å². The van der Waals surface area contributed by atoms with Crippen molar-refractivity contribution in [2.24, 2.45) is 7.05 Å². The van der Waals surface area contributed by atoms with Gasteiger partial charge in [0, 0.05) is 12.6 Å². The molecule has 2 rings (SSSR count). The topological polar surface area (TPSA) is 47.3 Å². The number of hydrogen-bond donors (Lipinski definition) is 1. The van der Waals surface area contributed by atoms with Gasteiger partial charge in [0.25, 0.3) is 0 Å². The molecule has 0 saturated carbocycles. The van der Waals surface area contributed by atoms with E-state index >= 15 is 0 Å². The standard InChI is InChI=1S/C11H11BrN2O2/c1-14-6-10(15)13-11(14)7-3-4-9(16-2)8(12)5-7/h3-6,15H,1-2H3. The number of aryl methyl sites for hydroxylation is 1. The Hall–Kier alpha value is -1.49. The summed E-state index contributed by atoms with van der Waals surface area (Å²) in [4.78, 5) is 4.03. The van der Waals surface area contributed by atoms with E-state index in [0.717, 1.165) is 15.8 Å². The first kappa shape index (κ1) is 11.0. The molecule has 0 radical (unpaired) electrons. The highest BCUT2D eigenvalue weighted by Gasteiger charge is 2.09. The molecule has 84 valence electrons. The largest absolute Gasteiger partial charge is 0.496 e. The summed E-state index contributed by atoms with van der Waals surface area (Å²) in [5, 5.41) is 9.30. The number of nitrogens with zero attached hydrogens (tertiary/aromatic N) is 2. The highest BCUT2D eigenvalue weighted by atomic mass is 79.9. The van der Waals surface area contributed by atoms with Crippen LogP contribution in [0.5, 0.6) is 11.6 Å². The summed E-state index contributed by atoms with van der Waals surface area (Å²) in [6.45, 7) is 0. The Bertz CT molecular complexity index is 523.